The SMILES string of the molecule is CC(C)(C)OC(=O)N1CC(N2CCC(c3cc4c(cn3)OCc3c(ncnc3N3CCOCC3)N4)CC2)C1. The standard InChI is InChI=1S/C27H37N7O4/c1-27(2,3)38-26(35)34-14-19(15-34)32-6-4-18(5-7-32)21-12-22-23(13-28-21)37-16-20-24(31-22)29-17-30-25(20)33-8-10-36-11-9-33/h12-13,17-19H,4-11,14-16H2,1-3H3,(H,29,30,31). The number of ether oxygens (including phenoxy) is 3. The molecule has 2 aromatic rings. The van der Waals surface area contributed by atoms with Crippen LogP contribution in [0, 0.1) is 0 Å². The summed E-state index contributed by atoms with van der Waals surface area (Å²) in [5.41, 5.74) is 2.48. The highest BCUT2D eigenvalue weighted by Gasteiger charge is 2.38. The maximum Gasteiger partial charge on any atom is 0.410 e. The predicted octanol–water partition coefficient (Wildman–Crippen LogP) is 3.14. The van der Waals surface area contributed by atoms with Gasteiger partial charge in [-0.3, -0.25) is 9.88 Å². The summed E-state index contributed by atoms with van der Waals surface area (Å²) < 4.78 is 17.2. The second kappa shape index (κ2) is 10.2. The number of rotatable bonds is 3. The van der Waals surface area contributed by atoms with Gasteiger partial charge < -0.3 is 29.3 Å². The highest BCUT2D eigenvalue weighted by molar-refractivity contribution is 5.71. The molecular formula is C27H37N7O4. The molecule has 0 saturated carbocycles. The Morgan fingerprint density at radius 2 is 1.84 bits per heavy atom. The number of nitrogens with one attached hydrogen (secondary N) is 1. The third-order valence-electron chi connectivity index (χ3n) is 7.73. The number of hydrogen-bond donors (Lipinski definition) is 1. The fourth-order valence-corrected chi connectivity index (χ4v) is 5.59. The van der Waals surface area contributed by atoms with Crippen LogP contribution < -0.4 is 15.0 Å². The van der Waals surface area contributed by atoms with Gasteiger partial charge in [-0.05, 0) is 52.8 Å². The largest absolute Gasteiger partial charge is 0.485 e. The fourth-order valence-electron chi connectivity index (χ4n) is 5.59. The van der Waals surface area contributed by atoms with Crippen LogP contribution in [0.5, 0.6) is 5.75 Å². The third-order valence-corrected chi connectivity index (χ3v) is 7.73. The van der Waals surface area contributed by atoms with Crippen molar-refractivity contribution in [1.82, 2.24) is 24.8 Å². The molecule has 0 aromatic carbocycles. The number of pyridine rings is 1. The van der Waals surface area contributed by atoms with E-state index in [-0.39, 0.29) is 6.09 Å². The molecule has 0 radical (unpaired) electrons. The van der Waals surface area contributed by atoms with Gasteiger partial charge in [-0.25, -0.2) is 14.8 Å². The summed E-state index contributed by atoms with van der Waals surface area (Å²) in [4.78, 5) is 32.7. The summed E-state index contributed by atoms with van der Waals surface area (Å²) in [7, 11) is 0. The zero-order valence-corrected chi connectivity index (χ0v) is 22.5. The van der Waals surface area contributed by atoms with Crippen molar-refractivity contribution in [3.8, 4) is 5.75 Å². The average Bonchev–Trinajstić information content (AvgIpc) is 3.06. The first-order valence-electron chi connectivity index (χ1n) is 13.6. The molecule has 204 valence electrons. The van der Waals surface area contributed by atoms with Crippen molar-refractivity contribution in [2.45, 2.75) is 57.8 Å². The van der Waals surface area contributed by atoms with Crippen LogP contribution in [0.15, 0.2) is 18.6 Å². The predicted molar refractivity (Wildman–Crippen MR) is 142 cm³/mol. The summed E-state index contributed by atoms with van der Waals surface area (Å²) >= 11 is 0. The van der Waals surface area contributed by atoms with Gasteiger partial charge in [0.2, 0.25) is 0 Å². The molecule has 0 spiro atoms. The van der Waals surface area contributed by atoms with Gasteiger partial charge in [0.25, 0.3) is 0 Å². The van der Waals surface area contributed by atoms with Gasteiger partial charge in [0, 0.05) is 43.8 Å². The Hall–Kier alpha value is -3.18. The molecule has 0 aliphatic carbocycles. The van der Waals surface area contributed by atoms with E-state index in [1.807, 2.05) is 27.0 Å². The third kappa shape index (κ3) is 5.22. The number of fused-ring (bicyclic) bond motifs is 2. The number of amides is 1. The lowest BCUT2D eigenvalue weighted by molar-refractivity contribution is -0.0197. The molecule has 3 fully saturated rings. The number of aromatic nitrogens is 3. The van der Waals surface area contributed by atoms with Gasteiger partial charge in [-0.15, -0.1) is 0 Å². The van der Waals surface area contributed by atoms with Crippen LogP contribution in [0.2, 0.25) is 0 Å². The lowest BCUT2D eigenvalue weighted by atomic mass is 9.91. The summed E-state index contributed by atoms with van der Waals surface area (Å²) in [5.74, 6) is 2.80. The Morgan fingerprint density at radius 3 is 2.58 bits per heavy atom. The van der Waals surface area contributed by atoms with Crippen LogP contribution in [0.1, 0.15) is 50.8 Å². The quantitative estimate of drug-likeness (QED) is 0.645. The van der Waals surface area contributed by atoms with Gasteiger partial charge in [-0.1, -0.05) is 0 Å². The number of carbonyl (C=O) groups is 1. The Bertz CT molecular complexity index is 1170. The first-order chi connectivity index (χ1) is 18.3. The van der Waals surface area contributed by atoms with E-state index in [4.69, 9.17) is 19.2 Å². The topological polar surface area (TPSA) is 105 Å². The van der Waals surface area contributed by atoms with Crippen molar-refractivity contribution in [3.63, 3.8) is 0 Å². The minimum atomic E-state index is -0.457. The number of nitrogens with zero attached hydrogens (tertiary/aromatic N) is 6. The number of piperidine rings is 1. The van der Waals surface area contributed by atoms with Crippen LogP contribution in [0.4, 0.5) is 22.1 Å². The molecule has 38 heavy (non-hydrogen) atoms. The van der Waals surface area contributed by atoms with Crippen molar-refractivity contribution in [3.05, 3.63) is 29.8 Å². The maximum absolute atomic E-state index is 12.3. The van der Waals surface area contributed by atoms with Crippen LogP contribution in [-0.2, 0) is 16.1 Å². The molecule has 0 unspecified atom stereocenters. The fraction of sp³-hybridized carbons (Fsp3) is 0.630. The lowest BCUT2D eigenvalue weighted by Gasteiger charge is -2.47. The number of likely N-dealkylation sites (tertiary alicyclic amines) is 2. The molecule has 0 bridgehead atoms. The normalized spacial score (nSPS) is 20.9. The highest BCUT2D eigenvalue weighted by atomic mass is 16.6. The number of carbonyl (C=O) groups excluding carboxylic acids is 1. The van der Waals surface area contributed by atoms with E-state index < -0.39 is 5.60 Å². The zero-order chi connectivity index (χ0) is 26.3. The van der Waals surface area contributed by atoms with Crippen molar-refractivity contribution in [2.75, 3.05) is 62.7 Å². The smallest absolute Gasteiger partial charge is 0.410 e. The minimum Gasteiger partial charge on any atom is -0.485 e. The van der Waals surface area contributed by atoms with Crippen molar-refractivity contribution in [2.24, 2.45) is 0 Å². The molecule has 6 rings (SSSR count). The van der Waals surface area contributed by atoms with Crippen LogP contribution >= 0.6 is 0 Å². The Labute approximate surface area is 223 Å². The molecule has 6 heterocycles. The number of anilines is 3. The molecule has 4 aliphatic rings. The first kappa shape index (κ1) is 25.1. The van der Waals surface area contributed by atoms with E-state index in [1.54, 1.807) is 11.2 Å². The van der Waals surface area contributed by atoms with Gasteiger partial charge in [0.05, 0.1) is 30.7 Å². The molecule has 11 heteroatoms. The maximum atomic E-state index is 12.3. The average molecular weight is 524 g/mol. The Kier molecular flexibility index (Phi) is 6.73. The molecule has 0 atom stereocenters. The van der Waals surface area contributed by atoms with Gasteiger partial charge in [0.1, 0.15) is 30.2 Å². The first-order valence-corrected chi connectivity index (χ1v) is 13.6. The van der Waals surface area contributed by atoms with Crippen molar-refractivity contribution >= 4 is 23.4 Å². The summed E-state index contributed by atoms with van der Waals surface area (Å²) in [6.07, 6.45) is 5.31. The Morgan fingerprint density at radius 1 is 1.08 bits per heavy atom. The van der Waals surface area contributed by atoms with Gasteiger partial charge in [-0.2, -0.15) is 0 Å². The minimum absolute atomic E-state index is 0.212. The second-order valence-electron chi connectivity index (χ2n) is 11.5. The van der Waals surface area contributed by atoms with E-state index in [1.165, 1.54) is 0 Å². The highest BCUT2D eigenvalue weighted by Crippen LogP contribution is 2.38. The molecule has 11 nitrogen and oxygen atoms in total. The molecule has 3 saturated heterocycles. The lowest BCUT2D eigenvalue weighted by Crippen LogP contribution is -2.62. The molecule has 4 aliphatic heterocycles. The van der Waals surface area contributed by atoms with E-state index in [2.05, 4.69) is 31.2 Å². The number of hydrogen-bond acceptors (Lipinski definition) is 10. The van der Waals surface area contributed by atoms with Crippen LogP contribution in [-0.4, -0.2) is 95.0 Å². The summed E-state index contributed by atoms with van der Waals surface area (Å²) in [6.45, 7) is 12.6. The van der Waals surface area contributed by atoms with Crippen molar-refractivity contribution in [1.29, 1.82) is 0 Å². The molecule has 2 aromatic heterocycles. The summed E-state index contributed by atoms with van der Waals surface area (Å²) in [5, 5.41) is 3.50. The molecule has 1 N–H and O–H groups in total. The Balaban J connectivity index is 1.08. The van der Waals surface area contributed by atoms with Gasteiger partial charge >= 0.3 is 6.09 Å². The van der Waals surface area contributed by atoms with E-state index in [9.17, 15) is 4.79 Å². The van der Waals surface area contributed by atoms with Crippen LogP contribution in [0.3, 0.4) is 0 Å². The van der Waals surface area contributed by atoms with Crippen molar-refractivity contribution < 1.29 is 19.0 Å². The molecule has 1 amide bonds. The number of morpholine rings is 1. The van der Waals surface area contributed by atoms with Gasteiger partial charge in [0.15, 0.2) is 5.75 Å². The zero-order valence-electron chi connectivity index (χ0n) is 22.5. The molecular weight excluding hydrogens is 486 g/mol. The van der Waals surface area contributed by atoms with Crippen LogP contribution in [0.25, 0.3) is 0 Å². The second-order valence-corrected chi connectivity index (χ2v) is 11.5. The van der Waals surface area contributed by atoms with E-state index in [0.717, 1.165) is 86.4 Å². The van der Waals surface area contributed by atoms with E-state index in [0.29, 0.717) is 31.8 Å². The van der Waals surface area contributed by atoms with E-state index >= 15 is 0 Å². The summed E-state index contributed by atoms with van der Waals surface area (Å²) in [6, 6.07) is 2.53. The monoisotopic (exact) mass is 523 g/mol.